The van der Waals surface area contributed by atoms with Crippen molar-refractivity contribution in [1.82, 2.24) is 14.3 Å². The summed E-state index contributed by atoms with van der Waals surface area (Å²) in [5.74, 6) is 1.70. The summed E-state index contributed by atoms with van der Waals surface area (Å²) in [6, 6.07) is 6.91. The SMILES string of the molecule is OCCSN1CCc2ccc(-c3nc(N4CCC4)nc4c3CCC4)cc2C1. The zero-order valence-corrected chi connectivity index (χ0v) is 16.5. The fraction of sp³-hybridized carbons (Fsp3) is 0.524. The van der Waals surface area contributed by atoms with Gasteiger partial charge in [0, 0.05) is 48.8 Å². The van der Waals surface area contributed by atoms with Crippen molar-refractivity contribution in [3.8, 4) is 11.3 Å². The van der Waals surface area contributed by atoms with Gasteiger partial charge in [-0.2, -0.15) is 0 Å². The number of hydrogen-bond donors (Lipinski definition) is 1. The van der Waals surface area contributed by atoms with Gasteiger partial charge in [0.05, 0.1) is 12.3 Å². The lowest BCUT2D eigenvalue weighted by atomic mass is 9.96. The van der Waals surface area contributed by atoms with Crippen molar-refractivity contribution >= 4 is 17.9 Å². The molecular formula is C21H26N4OS. The molecular weight excluding hydrogens is 356 g/mol. The summed E-state index contributed by atoms with van der Waals surface area (Å²) < 4.78 is 2.37. The predicted molar refractivity (Wildman–Crippen MR) is 110 cm³/mol. The van der Waals surface area contributed by atoms with Crippen LogP contribution in [0, 0.1) is 0 Å². The fourth-order valence-corrected chi connectivity index (χ4v) is 5.07. The first-order chi connectivity index (χ1) is 13.3. The van der Waals surface area contributed by atoms with Crippen molar-refractivity contribution in [2.75, 3.05) is 36.9 Å². The van der Waals surface area contributed by atoms with Crippen LogP contribution in [0.2, 0.25) is 0 Å². The Kier molecular flexibility index (Phi) is 4.80. The van der Waals surface area contributed by atoms with E-state index >= 15 is 0 Å². The third-order valence-electron chi connectivity index (χ3n) is 5.88. The van der Waals surface area contributed by atoms with Crippen LogP contribution in [0.3, 0.4) is 0 Å². The molecule has 142 valence electrons. The molecule has 27 heavy (non-hydrogen) atoms. The molecule has 1 N–H and O–H groups in total. The highest BCUT2D eigenvalue weighted by Crippen LogP contribution is 2.35. The first kappa shape index (κ1) is 17.5. The molecule has 1 aromatic carbocycles. The summed E-state index contributed by atoms with van der Waals surface area (Å²) in [5.41, 5.74) is 7.88. The Bertz CT molecular complexity index is 852. The maximum absolute atomic E-state index is 9.10. The van der Waals surface area contributed by atoms with E-state index in [0.29, 0.717) is 0 Å². The molecule has 1 aliphatic carbocycles. The van der Waals surface area contributed by atoms with Crippen LogP contribution in [0.1, 0.15) is 35.2 Å². The molecule has 5 nitrogen and oxygen atoms in total. The normalized spacial score (nSPS) is 18.9. The number of aryl methyl sites for hydroxylation is 1. The minimum atomic E-state index is 0.237. The molecule has 0 bridgehead atoms. The van der Waals surface area contributed by atoms with Gasteiger partial charge in [0.25, 0.3) is 0 Å². The Balaban J connectivity index is 1.49. The van der Waals surface area contributed by atoms with Gasteiger partial charge >= 0.3 is 0 Å². The topological polar surface area (TPSA) is 52.5 Å². The Morgan fingerprint density at radius 2 is 1.93 bits per heavy atom. The number of rotatable bonds is 5. The van der Waals surface area contributed by atoms with Crippen molar-refractivity contribution in [3.63, 3.8) is 0 Å². The quantitative estimate of drug-likeness (QED) is 0.803. The van der Waals surface area contributed by atoms with Crippen LogP contribution in [-0.4, -0.2) is 51.4 Å². The molecule has 1 aromatic heterocycles. The summed E-state index contributed by atoms with van der Waals surface area (Å²) in [7, 11) is 0. The number of fused-ring (bicyclic) bond motifs is 2. The van der Waals surface area contributed by atoms with Crippen molar-refractivity contribution in [2.24, 2.45) is 0 Å². The second kappa shape index (κ2) is 7.41. The highest BCUT2D eigenvalue weighted by atomic mass is 32.2. The van der Waals surface area contributed by atoms with E-state index in [1.54, 1.807) is 11.9 Å². The Morgan fingerprint density at radius 3 is 2.74 bits per heavy atom. The lowest BCUT2D eigenvalue weighted by molar-refractivity contribution is 0.320. The number of aromatic nitrogens is 2. The van der Waals surface area contributed by atoms with Gasteiger partial charge in [0.1, 0.15) is 0 Å². The first-order valence-electron chi connectivity index (χ1n) is 10.1. The minimum absolute atomic E-state index is 0.237. The van der Waals surface area contributed by atoms with Crippen LogP contribution in [0.15, 0.2) is 18.2 Å². The third-order valence-corrected chi connectivity index (χ3v) is 6.92. The van der Waals surface area contributed by atoms with Crippen LogP contribution >= 0.6 is 11.9 Å². The van der Waals surface area contributed by atoms with Gasteiger partial charge in [-0.1, -0.05) is 24.1 Å². The van der Waals surface area contributed by atoms with Crippen LogP contribution in [0.5, 0.6) is 0 Å². The fourth-order valence-electron chi connectivity index (χ4n) is 4.27. The summed E-state index contributed by atoms with van der Waals surface area (Å²) in [6.45, 7) is 4.40. The van der Waals surface area contributed by atoms with Crippen molar-refractivity contribution in [2.45, 2.75) is 38.6 Å². The van der Waals surface area contributed by atoms with E-state index < -0.39 is 0 Å². The van der Waals surface area contributed by atoms with Gasteiger partial charge in [-0.05, 0) is 49.3 Å². The standard InChI is InChI=1S/C21H26N4OS/c26-11-12-27-25-10-7-15-5-6-16(13-17(15)14-25)20-18-3-1-4-19(18)22-21(23-20)24-8-2-9-24/h5-6,13,26H,1-4,7-12,14H2. The van der Waals surface area contributed by atoms with Crippen molar-refractivity contribution < 1.29 is 5.11 Å². The minimum Gasteiger partial charge on any atom is -0.395 e. The molecule has 0 unspecified atom stereocenters. The number of aliphatic hydroxyl groups excluding tert-OH is 1. The largest absolute Gasteiger partial charge is 0.395 e. The van der Waals surface area contributed by atoms with Crippen LogP contribution in [0.4, 0.5) is 5.95 Å². The van der Waals surface area contributed by atoms with E-state index in [1.165, 1.54) is 40.8 Å². The second-order valence-electron chi connectivity index (χ2n) is 7.65. The number of anilines is 1. The molecule has 3 heterocycles. The maximum atomic E-state index is 9.10. The van der Waals surface area contributed by atoms with E-state index in [9.17, 15) is 0 Å². The summed E-state index contributed by atoms with van der Waals surface area (Å²) >= 11 is 1.75. The highest BCUT2D eigenvalue weighted by molar-refractivity contribution is 7.97. The highest BCUT2D eigenvalue weighted by Gasteiger charge is 2.25. The lowest BCUT2D eigenvalue weighted by Crippen LogP contribution is -2.38. The van der Waals surface area contributed by atoms with Crippen LogP contribution in [0.25, 0.3) is 11.3 Å². The molecule has 0 radical (unpaired) electrons. The lowest BCUT2D eigenvalue weighted by Gasteiger charge is -2.31. The zero-order valence-electron chi connectivity index (χ0n) is 15.7. The molecule has 1 fully saturated rings. The van der Waals surface area contributed by atoms with Gasteiger partial charge in [-0.25, -0.2) is 14.3 Å². The van der Waals surface area contributed by atoms with Gasteiger partial charge in [-0.15, -0.1) is 0 Å². The number of hydrogen-bond acceptors (Lipinski definition) is 6. The van der Waals surface area contributed by atoms with Crippen molar-refractivity contribution in [3.05, 3.63) is 40.6 Å². The number of benzene rings is 1. The smallest absolute Gasteiger partial charge is 0.226 e. The zero-order chi connectivity index (χ0) is 18.2. The van der Waals surface area contributed by atoms with Gasteiger partial charge < -0.3 is 10.0 Å². The molecule has 0 amide bonds. The average Bonchev–Trinajstić information content (AvgIpc) is 3.12. The Hall–Kier alpha value is -1.63. The van der Waals surface area contributed by atoms with E-state index in [0.717, 1.165) is 62.8 Å². The van der Waals surface area contributed by atoms with Crippen molar-refractivity contribution in [1.29, 1.82) is 0 Å². The van der Waals surface area contributed by atoms with Gasteiger partial charge in [-0.3, -0.25) is 0 Å². The molecule has 0 spiro atoms. The molecule has 2 aromatic rings. The molecule has 0 saturated carbocycles. The van der Waals surface area contributed by atoms with Gasteiger partial charge in [0.2, 0.25) is 5.95 Å². The summed E-state index contributed by atoms with van der Waals surface area (Å²) in [6.07, 6.45) is 5.70. The predicted octanol–water partition coefficient (Wildman–Crippen LogP) is 2.84. The van der Waals surface area contributed by atoms with E-state index in [4.69, 9.17) is 15.1 Å². The Labute approximate surface area is 164 Å². The maximum Gasteiger partial charge on any atom is 0.226 e. The van der Waals surface area contributed by atoms with Crippen LogP contribution in [-0.2, 0) is 25.8 Å². The van der Waals surface area contributed by atoms with Gasteiger partial charge in [0.15, 0.2) is 0 Å². The summed E-state index contributed by atoms with van der Waals surface area (Å²) in [5, 5.41) is 9.10. The molecule has 1 saturated heterocycles. The first-order valence-corrected chi connectivity index (χ1v) is 11.0. The average molecular weight is 383 g/mol. The number of aliphatic hydroxyl groups is 1. The second-order valence-corrected chi connectivity index (χ2v) is 8.83. The van der Waals surface area contributed by atoms with E-state index in [2.05, 4.69) is 27.4 Å². The molecule has 0 atom stereocenters. The molecule has 2 aliphatic heterocycles. The molecule has 3 aliphatic rings. The van der Waals surface area contributed by atoms with E-state index in [1.807, 2.05) is 0 Å². The Morgan fingerprint density at radius 1 is 1.00 bits per heavy atom. The monoisotopic (exact) mass is 382 g/mol. The summed E-state index contributed by atoms with van der Waals surface area (Å²) in [4.78, 5) is 12.2. The van der Waals surface area contributed by atoms with Crippen LogP contribution < -0.4 is 4.90 Å². The molecule has 5 rings (SSSR count). The number of nitrogens with zero attached hydrogens (tertiary/aromatic N) is 4. The van der Waals surface area contributed by atoms with E-state index in [-0.39, 0.29) is 6.61 Å². The molecule has 6 heteroatoms. The third kappa shape index (κ3) is 3.35.